The standard InChI is InChI=1S/C21H16N4O2/c1-12-6-7-14-13(10-22-18(14)8-12)9-19-24-21(27-25-19)17-11-23-20(26)16-5-3-2-4-15(16)17/h2-8,10-11,22H,9H2,1H3,(H,23,26). The normalized spacial score (nSPS) is 11.4. The van der Waals surface area contributed by atoms with E-state index in [2.05, 4.69) is 45.2 Å². The van der Waals surface area contributed by atoms with Crippen LogP contribution in [0.15, 0.2) is 64.2 Å². The zero-order valence-corrected chi connectivity index (χ0v) is 14.6. The second-order valence-corrected chi connectivity index (χ2v) is 6.63. The van der Waals surface area contributed by atoms with E-state index in [-0.39, 0.29) is 5.56 Å². The first kappa shape index (κ1) is 15.6. The van der Waals surface area contributed by atoms with Crippen molar-refractivity contribution in [2.24, 2.45) is 0 Å². The molecule has 2 aromatic carbocycles. The topological polar surface area (TPSA) is 87.6 Å². The van der Waals surface area contributed by atoms with Crippen molar-refractivity contribution in [3.05, 3.63) is 82.2 Å². The molecule has 0 bridgehead atoms. The number of hydrogen-bond donors (Lipinski definition) is 2. The van der Waals surface area contributed by atoms with Crippen molar-refractivity contribution >= 4 is 21.7 Å². The number of fused-ring (bicyclic) bond motifs is 2. The van der Waals surface area contributed by atoms with Crippen molar-refractivity contribution in [3.63, 3.8) is 0 Å². The molecule has 0 spiro atoms. The summed E-state index contributed by atoms with van der Waals surface area (Å²) >= 11 is 0. The summed E-state index contributed by atoms with van der Waals surface area (Å²) in [6.07, 6.45) is 4.17. The fourth-order valence-corrected chi connectivity index (χ4v) is 3.44. The van der Waals surface area contributed by atoms with Gasteiger partial charge in [0.1, 0.15) is 0 Å². The molecular formula is C21H16N4O2. The number of hydrogen-bond acceptors (Lipinski definition) is 4. The molecule has 5 rings (SSSR count). The lowest BCUT2D eigenvalue weighted by Gasteiger charge is -2.00. The first-order valence-electron chi connectivity index (χ1n) is 8.69. The van der Waals surface area contributed by atoms with Gasteiger partial charge >= 0.3 is 0 Å². The molecule has 6 nitrogen and oxygen atoms in total. The van der Waals surface area contributed by atoms with Crippen molar-refractivity contribution < 1.29 is 4.52 Å². The molecular weight excluding hydrogens is 340 g/mol. The van der Waals surface area contributed by atoms with Crippen LogP contribution in [0.3, 0.4) is 0 Å². The number of nitrogens with one attached hydrogen (secondary N) is 2. The molecule has 3 aromatic heterocycles. The van der Waals surface area contributed by atoms with E-state index in [1.54, 1.807) is 12.3 Å². The van der Waals surface area contributed by atoms with Crippen LogP contribution in [-0.2, 0) is 6.42 Å². The molecule has 27 heavy (non-hydrogen) atoms. The van der Waals surface area contributed by atoms with Crippen LogP contribution in [0, 0.1) is 6.92 Å². The Balaban J connectivity index is 1.54. The highest BCUT2D eigenvalue weighted by molar-refractivity contribution is 5.93. The number of aromatic nitrogens is 4. The zero-order valence-electron chi connectivity index (χ0n) is 14.6. The second-order valence-electron chi connectivity index (χ2n) is 6.63. The predicted octanol–water partition coefficient (Wildman–Crippen LogP) is 3.96. The highest BCUT2D eigenvalue weighted by atomic mass is 16.5. The fourth-order valence-electron chi connectivity index (χ4n) is 3.44. The van der Waals surface area contributed by atoms with E-state index in [1.807, 2.05) is 24.4 Å². The number of H-pyrrole nitrogens is 2. The maximum absolute atomic E-state index is 12.0. The van der Waals surface area contributed by atoms with Crippen LogP contribution in [0.2, 0.25) is 0 Å². The van der Waals surface area contributed by atoms with Gasteiger partial charge in [-0.1, -0.05) is 35.5 Å². The number of aryl methyl sites for hydroxylation is 1. The number of nitrogens with zero attached hydrogens (tertiary/aromatic N) is 2. The smallest absolute Gasteiger partial charge is 0.260 e. The van der Waals surface area contributed by atoms with Crippen LogP contribution in [0.4, 0.5) is 0 Å². The van der Waals surface area contributed by atoms with Crippen LogP contribution < -0.4 is 5.56 Å². The summed E-state index contributed by atoms with van der Waals surface area (Å²) in [5, 5.41) is 6.67. The van der Waals surface area contributed by atoms with Gasteiger partial charge in [0, 0.05) is 40.5 Å². The maximum Gasteiger partial charge on any atom is 0.260 e. The average molecular weight is 356 g/mol. The number of rotatable bonds is 3. The summed E-state index contributed by atoms with van der Waals surface area (Å²) in [6, 6.07) is 13.7. The molecule has 0 unspecified atom stereocenters. The predicted molar refractivity (Wildman–Crippen MR) is 104 cm³/mol. The Labute approximate surface area is 153 Å². The van der Waals surface area contributed by atoms with Gasteiger partial charge in [0.25, 0.3) is 11.4 Å². The third-order valence-electron chi connectivity index (χ3n) is 4.78. The van der Waals surface area contributed by atoms with Crippen LogP contribution in [-0.4, -0.2) is 20.1 Å². The third-order valence-corrected chi connectivity index (χ3v) is 4.78. The average Bonchev–Trinajstić information content (AvgIpc) is 3.30. The van der Waals surface area contributed by atoms with Crippen LogP contribution in [0.25, 0.3) is 33.1 Å². The summed E-state index contributed by atoms with van der Waals surface area (Å²) in [7, 11) is 0. The SMILES string of the molecule is Cc1ccc2c(Cc3noc(-c4c[nH]c(=O)c5ccccc45)n3)c[nH]c2c1. The number of benzene rings is 2. The molecule has 0 aliphatic carbocycles. The van der Waals surface area contributed by atoms with Gasteiger partial charge in [0.2, 0.25) is 0 Å². The van der Waals surface area contributed by atoms with E-state index < -0.39 is 0 Å². The van der Waals surface area contributed by atoms with Crippen molar-refractivity contribution in [2.75, 3.05) is 0 Å². The molecule has 0 saturated heterocycles. The zero-order chi connectivity index (χ0) is 18.4. The van der Waals surface area contributed by atoms with Crippen LogP contribution >= 0.6 is 0 Å². The Hall–Kier alpha value is -3.67. The first-order chi connectivity index (χ1) is 13.2. The molecule has 3 heterocycles. The lowest BCUT2D eigenvalue weighted by Crippen LogP contribution is -2.05. The van der Waals surface area contributed by atoms with Gasteiger partial charge in [0.05, 0.1) is 5.56 Å². The minimum atomic E-state index is -0.136. The van der Waals surface area contributed by atoms with Gasteiger partial charge in [-0.25, -0.2) is 0 Å². The van der Waals surface area contributed by atoms with Gasteiger partial charge in [0.15, 0.2) is 5.82 Å². The summed E-state index contributed by atoms with van der Waals surface area (Å²) in [4.78, 5) is 22.6. The van der Waals surface area contributed by atoms with Gasteiger partial charge < -0.3 is 14.5 Å². The highest BCUT2D eigenvalue weighted by Crippen LogP contribution is 2.26. The molecule has 0 aliphatic rings. The number of aromatic amines is 2. The Kier molecular flexibility index (Phi) is 3.43. The Morgan fingerprint density at radius 1 is 1.00 bits per heavy atom. The third kappa shape index (κ3) is 2.62. The Bertz CT molecular complexity index is 1340. The maximum atomic E-state index is 12.0. The minimum Gasteiger partial charge on any atom is -0.361 e. The molecule has 2 N–H and O–H groups in total. The van der Waals surface area contributed by atoms with Gasteiger partial charge in [-0.15, -0.1) is 0 Å². The largest absolute Gasteiger partial charge is 0.361 e. The molecule has 0 aliphatic heterocycles. The lowest BCUT2D eigenvalue weighted by molar-refractivity contribution is 0.424. The summed E-state index contributed by atoms with van der Waals surface area (Å²) in [6.45, 7) is 2.07. The van der Waals surface area contributed by atoms with Crippen molar-refractivity contribution in [1.82, 2.24) is 20.1 Å². The number of pyridine rings is 1. The quantitative estimate of drug-likeness (QED) is 0.512. The molecule has 0 fully saturated rings. The summed E-state index contributed by atoms with van der Waals surface area (Å²) < 4.78 is 5.49. The Morgan fingerprint density at radius 2 is 1.85 bits per heavy atom. The highest BCUT2D eigenvalue weighted by Gasteiger charge is 2.15. The van der Waals surface area contributed by atoms with Crippen molar-refractivity contribution in [2.45, 2.75) is 13.3 Å². The summed E-state index contributed by atoms with van der Waals surface area (Å²) in [5.74, 6) is 0.995. The molecule has 0 atom stereocenters. The van der Waals surface area contributed by atoms with E-state index in [4.69, 9.17) is 4.52 Å². The fraction of sp³-hybridized carbons (Fsp3) is 0.0952. The van der Waals surface area contributed by atoms with E-state index in [1.165, 1.54) is 5.56 Å². The van der Waals surface area contributed by atoms with Crippen molar-refractivity contribution in [3.8, 4) is 11.5 Å². The molecule has 0 saturated carbocycles. The molecule has 0 amide bonds. The molecule has 0 radical (unpaired) electrons. The lowest BCUT2D eigenvalue weighted by atomic mass is 10.1. The van der Waals surface area contributed by atoms with E-state index in [9.17, 15) is 4.79 Å². The van der Waals surface area contributed by atoms with Gasteiger partial charge in [-0.05, 0) is 30.2 Å². The minimum absolute atomic E-state index is 0.136. The molecule has 132 valence electrons. The van der Waals surface area contributed by atoms with Gasteiger partial charge in [-0.3, -0.25) is 4.79 Å². The van der Waals surface area contributed by atoms with Crippen LogP contribution in [0.1, 0.15) is 17.0 Å². The van der Waals surface area contributed by atoms with Crippen molar-refractivity contribution in [1.29, 1.82) is 0 Å². The monoisotopic (exact) mass is 356 g/mol. The van der Waals surface area contributed by atoms with E-state index in [0.717, 1.165) is 27.4 Å². The van der Waals surface area contributed by atoms with E-state index >= 15 is 0 Å². The second kappa shape index (κ2) is 5.95. The van der Waals surface area contributed by atoms with E-state index in [0.29, 0.717) is 23.5 Å². The Morgan fingerprint density at radius 3 is 2.74 bits per heavy atom. The first-order valence-corrected chi connectivity index (χ1v) is 8.69. The molecule has 5 aromatic rings. The van der Waals surface area contributed by atoms with Gasteiger partial charge in [-0.2, -0.15) is 4.98 Å². The van der Waals surface area contributed by atoms with Crippen LogP contribution in [0.5, 0.6) is 0 Å². The molecule has 6 heteroatoms. The summed E-state index contributed by atoms with van der Waals surface area (Å²) in [5.41, 5.74) is 4.01.